The van der Waals surface area contributed by atoms with Crippen LogP contribution in [0.1, 0.15) is 35.2 Å². The summed E-state index contributed by atoms with van der Waals surface area (Å²) in [5, 5.41) is 19.9. The molecule has 0 bridgehead atoms. The fourth-order valence-electron chi connectivity index (χ4n) is 3.10. The van der Waals surface area contributed by atoms with Crippen molar-refractivity contribution in [3.05, 3.63) is 65.2 Å². The molecule has 178 valence electrons. The SMILES string of the molecule is C=CCn1c(CS(=O)(=O)c2ccc(C)cc2)nnc1SC(C)C(=O)Nc1oc(C)c(C)c1C#N. The van der Waals surface area contributed by atoms with Gasteiger partial charge >= 0.3 is 0 Å². The van der Waals surface area contributed by atoms with Gasteiger partial charge in [-0.3, -0.25) is 10.1 Å². The topological polar surface area (TPSA) is 131 Å². The summed E-state index contributed by atoms with van der Waals surface area (Å²) in [5.74, 6) is 0.177. The Balaban J connectivity index is 1.79. The first kappa shape index (κ1) is 25.3. The average Bonchev–Trinajstić information content (AvgIpc) is 3.27. The molecule has 9 nitrogen and oxygen atoms in total. The molecule has 1 aromatic carbocycles. The second kappa shape index (κ2) is 10.3. The van der Waals surface area contributed by atoms with Crippen molar-refractivity contribution < 1.29 is 17.6 Å². The molecule has 0 fully saturated rings. The molecule has 0 saturated heterocycles. The van der Waals surface area contributed by atoms with Crippen LogP contribution in [0, 0.1) is 32.1 Å². The number of hydrogen-bond acceptors (Lipinski definition) is 8. The van der Waals surface area contributed by atoms with Gasteiger partial charge in [0.2, 0.25) is 11.8 Å². The molecule has 0 aliphatic carbocycles. The zero-order chi connectivity index (χ0) is 25.0. The van der Waals surface area contributed by atoms with Crippen LogP contribution in [0.15, 0.2) is 51.4 Å². The Morgan fingerprint density at radius 1 is 1.29 bits per heavy atom. The van der Waals surface area contributed by atoms with Crippen LogP contribution < -0.4 is 5.32 Å². The van der Waals surface area contributed by atoms with E-state index in [0.717, 1.165) is 17.3 Å². The number of thioether (sulfide) groups is 1. The lowest BCUT2D eigenvalue weighted by atomic mass is 10.2. The van der Waals surface area contributed by atoms with Gasteiger partial charge in [0.1, 0.15) is 29.0 Å². The maximum absolute atomic E-state index is 12.9. The standard InChI is InChI=1S/C23H25N5O4S2/c1-6-11-28-20(13-34(30,31)18-9-7-14(2)8-10-18)26-27-23(28)33-17(5)21(29)25-22-19(12-24)15(3)16(4)32-22/h6-10,17H,1,11,13H2,2-5H3,(H,25,29). The van der Waals surface area contributed by atoms with Crippen LogP contribution in [0.2, 0.25) is 0 Å². The van der Waals surface area contributed by atoms with Crippen LogP contribution >= 0.6 is 11.8 Å². The lowest BCUT2D eigenvalue weighted by Crippen LogP contribution is -2.23. The van der Waals surface area contributed by atoms with Crippen LogP contribution in [0.3, 0.4) is 0 Å². The molecule has 1 atom stereocenters. The summed E-state index contributed by atoms with van der Waals surface area (Å²) in [6, 6.07) is 8.64. The Morgan fingerprint density at radius 2 is 1.97 bits per heavy atom. The molecule has 1 unspecified atom stereocenters. The van der Waals surface area contributed by atoms with Crippen molar-refractivity contribution in [3.8, 4) is 6.07 Å². The monoisotopic (exact) mass is 499 g/mol. The highest BCUT2D eigenvalue weighted by atomic mass is 32.2. The molecule has 34 heavy (non-hydrogen) atoms. The molecule has 0 spiro atoms. The zero-order valence-electron chi connectivity index (χ0n) is 19.3. The van der Waals surface area contributed by atoms with E-state index in [-0.39, 0.29) is 34.5 Å². The number of nitrogens with one attached hydrogen (secondary N) is 1. The molecule has 11 heteroatoms. The molecule has 3 rings (SSSR count). The number of amides is 1. The fraction of sp³-hybridized carbons (Fsp3) is 0.304. The number of carbonyl (C=O) groups is 1. The van der Waals surface area contributed by atoms with Crippen LogP contribution in [0.25, 0.3) is 0 Å². The van der Waals surface area contributed by atoms with E-state index in [1.807, 2.05) is 13.0 Å². The number of carbonyl (C=O) groups excluding carboxylic acids is 1. The van der Waals surface area contributed by atoms with Crippen molar-refractivity contribution in [2.45, 2.75) is 55.3 Å². The second-order valence-electron chi connectivity index (χ2n) is 7.72. The van der Waals surface area contributed by atoms with Gasteiger partial charge in [0.15, 0.2) is 15.0 Å². The largest absolute Gasteiger partial charge is 0.444 e. The molecule has 0 radical (unpaired) electrons. The molecule has 0 aliphatic rings. The molecule has 2 heterocycles. The van der Waals surface area contributed by atoms with Gasteiger partial charge in [-0.1, -0.05) is 35.5 Å². The minimum Gasteiger partial charge on any atom is -0.444 e. The first-order chi connectivity index (χ1) is 16.1. The number of benzene rings is 1. The molecule has 0 saturated carbocycles. The van der Waals surface area contributed by atoms with Crippen LogP contribution in [-0.2, 0) is 26.9 Å². The highest BCUT2D eigenvalue weighted by molar-refractivity contribution is 8.00. The summed E-state index contributed by atoms with van der Waals surface area (Å²) in [4.78, 5) is 12.9. The molecule has 1 N–H and O–H groups in total. The fourth-order valence-corrected chi connectivity index (χ4v) is 5.25. The lowest BCUT2D eigenvalue weighted by molar-refractivity contribution is -0.115. The third-order valence-corrected chi connectivity index (χ3v) is 7.90. The Kier molecular flexibility index (Phi) is 7.64. The maximum Gasteiger partial charge on any atom is 0.240 e. The minimum absolute atomic E-state index is 0.104. The zero-order valence-corrected chi connectivity index (χ0v) is 21.0. The van der Waals surface area contributed by atoms with E-state index in [2.05, 4.69) is 22.1 Å². The minimum atomic E-state index is -3.64. The highest BCUT2D eigenvalue weighted by Crippen LogP contribution is 2.28. The van der Waals surface area contributed by atoms with Gasteiger partial charge < -0.3 is 8.98 Å². The van der Waals surface area contributed by atoms with Gasteiger partial charge in [0.05, 0.1) is 10.1 Å². The van der Waals surface area contributed by atoms with E-state index in [4.69, 9.17) is 4.42 Å². The lowest BCUT2D eigenvalue weighted by Gasteiger charge is -2.12. The van der Waals surface area contributed by atoms with E-state index in [0.29, 0.717) is 16.5 Å². The summed E-state index contributed by atoms with van der Waals surface area (Å²) in [7, 11) is -3.64. The van der Waals surface area contributed by atoms with Gasteiger partial charge in [0, 0.05) is 12.1 Å². The summed E-state index contributed by atoms with van der Waals surface area (Å²) in [5.41, 5.74) is 1.91. The van der Waals surface area contributed by atoms with Gasteiger partial charge in [-0.15, -0.1) is 16.8 Å². The predicted octanol–water partition coefficient (Wildman–Crippen LogP) is 3.95. The van der Waals surface area contributed by atoms with Crippen molar-refractivity contribution in [3.63, 3.8) is 0 Å². The number of rotatable bonds is 9. The summed E-state index contributed by atoms with van der Waals surface area (Å²) < 4.78 is 32.9. The number of furan rings is 1. The van der Waals surface area contributed by atoms with Crippen LogP contribution in [0.4, 0.5) is 5.88 Å². The quantitative estimate of drug-likeness (QED) is 0.346. The van der Waals surface area contributed by atoms with Crippen molar-refractivity contribution in [1.29, 1.82) is 5.26 Å². The number of nitriles is 1. The van der Waals surface area contributed by atoms with Crippen LogP contribution in [-0.4, -0.2) is 34.3 Å². The third-order valence-electron chi connectivity index (χ3n) is 5.19. The Labute approximate surface area is 202 Å². The molecule has 1 amide bonds. The molecular formula is C23H25N5O4S2. The van der Waals surface area contributed by atoms with E-state index < -0.39 is 21.0 Å². The summed E-state index contributed by atoms with van der Waals surface area (Å²) >= 11 is 1.12. The number of sulfone groups is 1. The highest BCUT2D eigenvalue weighted by Gasteiger charge is 2.25. The van der Waals surface area contributed by atoms with E-state index in [1.165, 1.54) is 0 Å². The second-order valence-corrected chi connectivity index (χ2v) is 11.0. The van der Waals surface area contributed by atoms with Gasteiger partial charge in [-0.05, 0) is 39.8 Å². The van der Waals surface area contributed by atoms with Crippen molar-refractivity contribution in [2.75, 3.05) is 5.32 Å². The van der Waals surface area contributed by atoms with E-state index >= 15 is 0 Å². The molecule has 2 aromatic heterocycles. The summed E-state index contributed by atoms with van der Waals surface area (Å²) in [6.07, 6.45) is 1.60. The number of allylic oxidation sites excluding steroid dienone is 1. The Morgan fingerprint density at radius 3 is 2.59 bits per heavy atom. The summed E-state index contributed by atoms with van der Waals surface area (Å²) in [6.45, 7) is 11.0. The van der Waals surface area contributed by atoms with E-state index in [9.17, 15) is 18.5 Å². The Hall–Kier alpha value is -3.36. The van der Waals surface area contributed by atoms with Gasteiger partial charge in [-0.25, -0.2) is 8.42 Å². The van der Waals surface area contributed by atoms with Crippen molar-refractivity contribution in [2.24, 2.45) is 0 Å². The maximum atomic E-state index is 12.9. The number of anilines is 1. The number of hydrogen-bond donors (Lipinski definition) is 1. The smallest absolute Gasteiger partial charge is 0.240 e. The first-order valence-electron chi connectivity index (χ1n) is 10.4. The van der Waals surface area contributed by atoms with Gasteiger partial charge in [0.25, 0.3) is 0 Å². The first-order valence-corrected chi connectivity index (χ1v) is 12.9. The number of aromatic nitrogens is 3. The van der Waals surface area contributed by atoms with Gasteiger partial charge in [-0.2, -0.15) is 5.26 Å². The van der Waals surface area contributed by atoms with Crippen molar-refractivity contribution in [1.82, 2.24) is 14.8 Å². The third kappa shape index (κ3) is 5.40. The van der Waals surface area contributed by atoms with Crippen LogP contribution in [0.5, 0.6) is 0 Å². The Bertz CT molecular complexity index is 1370. The normalized spacial score (nSPS) is 12.2. The average molecular weight is 500 g/mol. The molecule has 0 aliphatic heterocycles. The predicted molar refractivity (Wildman–Crippen MR) is 129 cm³/mol. The number of nitrogens with zero attached hydrogens (tertiary/aromatic N) is 4. The molecular weight excluding hydrogens is 474 g/mol. The number of aryl methyl sites for hydroxylation is 2. The van der Waals surface area contributed by atoms with E-state index in [1.54, 1.807) is 55.7 Å². The van der Waals surface area contributed by atoms with Crippen molar-refractivity contribution >= 4 is 33.4 Å². The molecule has 3 aromatic rings.